The summed E-state index contributed by atoms with van der Waals surface area (Å²) in [6.45, 7) is 9.38. The van der Waals surface area contributed by atoms with Gasteiger partial charge in [-0.15, -0.1) is 0 Å². The molecule has 0 saturated carbocycles. The number of aromatic nitrogens is 2. The number of hydrogen-bond acceptors (Lipinski definition) is 3. The Hall–Kier alpha value is -1.36. The molecule has 0 aliphatic rings. The lowest BCUT2D eigenvalue weighted by molar-refractivity contribution is -0.124. The summed E-state index contributed by atoms with van der Waals surface area (Å²) in [5.74, 6) is -0.308. The molecule has 0 aliphatic carbocycles. The SMILES string of the molecule is CCCNC(C)(CCn1nc(C)cc1C)C(N)=O. The fourth-order valence-electron chi connectivity index (χ4n) is 1.93. The van der Waals surface area contributed by atoms with Gasteiger partial charge in [-0.05, 0) is 46.2 Å². The van der Waals surface area contributed by atoms with Crippen molar-refractivity contribution in [2.24, 2.45) is 5.73 Å². The van der Waals surface area contributed by atoms with E-state index < -0.39 is 5.54 Å². The molecule has 18 heavy (non-hydrogen) atoms. The van der Waals surface area contributed by atoms with Gasteiger partial charge in [-0.3, -0.25) is 9.48 Å². The fourth-order valence-corrected chi connectivity index (χ4v) is 1.93. The van der Waals surface area contributed by atoms with Gasteiger partial charge in [0.2, 0.25) is 5.91 Å². The summed E-state index contributed by atoms with van der Waals surface area (Å²) in [5.41, 5.74) is 6.93. The van der Waals surface area contributed by atoms with Crippen LogP contribution in [0.5, 0.6) is 0 Å². The minimum absolute atomic E-state index is 0.308. The molecule has 1 aromatic heterocycles. The molecular formula is C13H24N4O. The van der Waals surface area contributed by atoms with Gasteiger partial charge in [0, 0.05) is 12.2 Å². The lowest BCUT2D eigenvalue weighted by Crippen LogP contribution is -2.53. The maximum atomic E-state index is 11.6. The zero-order valence-corrected chi connectivity index (χ0v) is 11.8. The smallest absolute Gasteiger partial charge is 0.237 e. The number of nitrogens with two attached hydrogens (primary N) is 1. The highest BCUT2D eigenvalue weighted by atomic mass is 16.1. The van der Waals surface area contributed by atoms with E-state index in [0.29, 0.717) is 13.0 Å². The monoisotopic (exact) mass is 252 g/mol. The van der Waals surface area contributed by atoms with Crippen LogP contribution in [0.15, 0.2) is 6.07 Å². The topological polar surface area (TPSA) is 72.9 Å². The van der Waals surface area contributed by atoms with Crippen molar-refractivity contribution in [2.45, 2.75) is 52.6 Å². The van der Waals surface area contributed by atoms with Crippen molar-refractivity contribution >= 4 is 5.91 Å². The van der Waals surface area contributed by atoms with Crippen molar-refractivity contribution in [3.05, 3.63) is 17.5 Å². The minimum Gasteiger partial charge on any atom is -0.368 e. The first-order chi connectivity index (χ1) is 8.39. The first-order valence-corrected chi connectivity index (χ1v) is 6.45. The van der Waals surface area contributed by atoms with Crippen molar-refractivity contribution in [1.82, 2.24) is 15.1 Å². The second kappa shape index (κ2) is 6.00. The molecule has 0 spiro atoms. The standard InChI is InChI=1S/C13H24N4O/c1-5-7-15-13(4,12(14)18)6-8-17-11(3)9-10(2)16-17/h9,15H,5-8H2,1-4H3,(H2,14,18). The number of primary amides is 1. The maximum absolute atomic E-state index is 11.6. The van der Waals surface area contributed by atoms with Crippen LogP contribution in [0.2, 0.25) is 0 Å². The van der Waals surface area contributed by atoms with E-state index in [1.54, 1.807) is 0 Å². The predicted molar refractivity (Wildman–Crippen MR) is 72.2 cm³/mol. The number of carbonyl (C=O) groups is 1. The molecule has 1 aromatic rings. The molecule has 1 atom stereocenters. The van der Waals surface area contributed by atoms with Crippen LogP contribution in [-0.2, 0) is 11.3 Å². The highest BCUT2D eigenvalue weighted by Gasteiger charge is 2.29. The second-order valence-electron chi connectivity index (χ2n) is 5.02. The molecule has 3 N–H and O–H groups in total. The number of hydrogen-bond donors (Lipinski definition) is 2. The van der Waals surface area contributed by atoms with E-state index in [-0.39, 0.29) is 5.91 Å². The van der Waals surface area contributed by atoms with E-state index in [2.05, 4.69) is 17.3 Å². The molecule has 5 heteroatoms. The molecule has 0 aromatic carbocycles. The summed E-state index contributed by atoms with van der Waals surface area (Å²) in [4.78, 5) is 11.6. The van der Waals surface area contributed by atoms with Gasteiger partial charge in [0.1, 0.15) is 0 Å². The van der Waals surface area contributed by atoms with E-state index in [4.69, 9.17) is 5.73 Å². The van der Waals surface area contributed by atoms with Gasteiger partial charge in [0.05, 0.1) is 11.2 Å². The maximum Gasteiger partial charge on any atom is 0.237 e. The summed E-state index contributed by atoms with van der Waals surface area (Å²) >= 11 is 0. The van der Waals surface area contributed by atoms with Crippen molar-refractivity contribution in [1.29, 1.82) is 0 Å². The molecular weight excluding hydrogens is 228 g/mol. The van der Waals surface area contributed by atoms with Crippen molar-refractivity contribution in [2.75, 3.05) is 6.54 Å². The van der Waals surface area contributed by atoms with Gasteiger partial charge in [0.15, 0.2) is 0 Å². The average molecular weight is 252 g/mol. The fraction of sp³-hybridized carbons (Fsp3) is 0.692. The summed E-state index contributed by atoms with van der Waals surface area (Å²) in [7, 11) is 0. The Morgan fingerprint density at radius 2 is 2.22 bits per heavy atom. The van der Waals surface area contributed by atoms with Crippen LogP contribution in [0.4, 0.5) is 0 Å². The highest BCUT2D eigenvalue weighted by molar-refractivity contribution is 5.84. The third kappa shape index (κ3) is 3.57. The minimum atomic E-state index is -0.664. The molecule has 0 fully saturated rings. The van der Waals surface area contributed by atoms with Gasteiger partial charge in [-0.25, -0.2) is 0 Å². The normalized spacial score (nSPS) is 14.4. The van der Waals surface area contributed by atoms with Crippen LogP contribution in [0.25, 0.3) is 0 Å². The predicted octanol–water partition coefficient (Wildman–Crippen LogP) is 1.13. The zero-order chi connectivity index (χ0) is 13.8. The van der Waals surface area contributed by atoms with Gasteiger partial charge in [-0.2, -0.15) is 5.10 Å². The third-order valence-corrected chi connectivity index (χ3v) is 3.24. The van der Waals surface area contributed by atoms with Crippen LogP contribution in [-0.4, -0.2) is 27.8 Å². The average Bonchev–Trinajstić information content (AvgIpc) is 2.62. The summed E-state index contributed by atoms with van der Waals surface area (Å²) in [5, 5.41) is 7.62. The molecule has 1 heterocycles. The molecule has 0 saturated heterocycles. The molecule has 102 valence electrons. The third-order valence-electron chi connectivity index (χ3n) is 3.24. The van der Waals surface area contributed by atoms with E-state index in [9.17, 15) is 4.79 Å². The Morgan fingerprint density at radius 1 is 1.56 bits per heavy atom. The van der Waals surface area contributed by atoms with E-state index in [0.717, 1.165) is 24.4 Å². The Morgan fingerprint density at radius 3 is 2.67 bits per heavy atom. The number of amides is 1. The molecule has 0 bridgehead atoms. The Kier molecular flexibility index (Phi) is 4.90. The number of nitrogens with one attached hydrogen (secondary N) is 1. The molecule has 1 unspecified atom stereocenters. The molecule has 1 amide bonds. The number of aryl methyl sites for hydroxylation is 3. The van der Waals surface area contributed by atoms with Gasteiger partial charge < -0.3 is 11.1 Å². The molecule has 1 rings (SSSR count). The summed E-state index contributed by atoms with van der Waals surface area (Å²) in [6, 6.07) is 2.03. The lowest BCUT2D eigenvalue weighted by Gasteiger charge is -2.27. The van der Waals surface area contributed by atoms with Crippen LogP contribution in [0.1, 0.15) is 38.1 Å². The van der Waals surface area contributed by atoms with Gasteiger partial charge in [-0.1, -0.05) is 6.92 Å². The first kappa shape index (κ1) is 14.7. The summed E-state index contributed by atoms with van der Waals surface area (Å²) in [6.07, 6.45) is 1.62. The van der Waals surface area contributed by atoms with Crippen LogP contribution < -0.4 is 11.1 Å². The Bertz CT molecular complexity index is 413. The molecule has 0 radical (unpaired) electrons. The van der Waals surface area contributed by atoms with Crippen LogP contribution >= 0.6 is 0 Å². The Labute approximate surface area is 109 Å². The second-order valence-corrected chi connectivity index (χ2v) is 5.02. The van der Waals surface area contributed by atoms with Crippen molar-refractivity contribution in [3.8, 4) is 0 Å². The number of rotatable bonds is 7. The van der Waals surface area contributed by atoms with Gasteiger partial charge in [0.25, 0.3) is 0 Å². The quantitative estimate of drug-likeness (QED) is 0.764. The Balaban J connectivity index is 2.68. The molecule has 0 aliphatic heterocycles. The van der Waals surface area contributed by atoms with Crippen LogP contribution in [0.3, 0.4) is 0 Å². The van der Waals surface area contributed by atoms with Crippen molar-refractivity contribution in [3.63, 3.8) is 0 Å². The van der Waals surface area contributed by atoms with Gasteiger partial charge >= 0.3 is 0 Å². The van der Waals surface area contributed by atoms with E-state index >= 15 is 0 Å². The first-order valence-electron chi connectivity index (χ1n) is 6.45. The molecule has 5 nitrogen and oxygen atoms in total. The van der Waals surface area contributed by atoms with Crippen LogP contribution in [0, 0.1) is 13.8 Å². The highest BCUT2D eigenvalue weighted by Crippen LogP contribution is 2.12. The number of carbonyl (C=O) groups excluding carboxylic acids is 1. The van der Waals surface area contributed by atoms with E-state index in [1.165, 1.54) is 0 Å². The van der Waals surface area contributed by atoms with E-state index in [1.807, 2.05) is 31.5 Å². The number of nitrogens with zero attached hydrogens (tertiary/aromatic N) is 2. The largest absolute Gasteiger partial charge is 0.368 e. The zero-order valence-electron chi connectivity index (χ0n) is 11.8. The van der Waals surface area contributed by atoms with Crippen molar-refractivity contribution < 1.29 is 4.79 Å². The lowest BCUT2D eigenvalue weighted by atomic mass is 9.96. The summed E-state index contributed by atoms with van der Waals surface area (Å²) < 4.78 is 1.92.